The van der Waals surface area contributed by atoms with Crippen LogP contribution in [-0.4, -0.2) is 43.5 Å². The minimum Gasteiger partial charge on any atom is -0.365 e. The number of anilines is 3. The van der Waals surface area contributed by atoms with E-state index in [4.69, 9.17) is 5.73 Å². The maximum absolute atomic E-state index is 13.1. The van der Waals surface area contributed by atoms with Crippen molar-refractivity contribution < 1.29 is 22.8 Å². The number of aromatic nitrogens is 4. The van der Waals surface area contributed by atoms with Crippen LogP contribution < -0.4 is 16.4 Å². The number of amides is 3. The first kappa shape index (κ1) is 24.7. The molecule has 194 valence electrons. The standard InChI is InChI=1S/C25H21F3N8O2/c26-25(27,28)17-4-1-14-7-10-36(13-16(14)11-17)24(38)32-18-5-2-15(3-6-18)21-20(22(29)37)23(35-34-21)33-19-12-30-8-9-31-19/h1-6,8-9,11-12H,7,10,13H2,(H2,29,37)(H,32,38)(H2,31,33,34,35). The highest BCUT2D eigenvalue weighted by atomic mass is 19.4. The van der Waals surface area contributed by atoms with Crippen LogP contribution in [-0.2, 0) is 19.1 Å². The summed E-state index contributed by atoms with van der Waals surface area (Å²) in [7, 11) is 0. The van der Waals surface area contributed by atoms with Crippen molar-refractivity contribution >= 4 is 29.3 Å². The van der Waals surface area contributed by atoms with E-state index in [-0.39, 0.29) is 17.9 Å². The van der Waals surface area contributed by atoms with Crippen molar-refractivity contribution in [1.82, 2.24) is 25.1 Å². The summed E-state index contributed by atoms with van der Waals surface area (Å²) >= 11 is 0. The Morgan fingerprint density at radius 3 is 2.53 bits per heavy atom. The molecule has 2 aromatic carbocycles. The van der Waals surface area contributed by atoms with Gasteiger partial charge in [-0.3, -0.25) is 14.9 Å². The van der Waals surface area contributed by atoms with Gasteiger partial charge in [-0.2, -0.15) is 18.3 Å². The van der Waals surface area contributed by atoms with E-state index in [1.807, 2.05) is 0 Å². The molecule has 0 saturated heterocycles. The van der Waals surface area contributed by atoms with Gasteiger partial charge >= 0.3 is 12.2 Å². The quantitative estimate of drug-likeness (QED) is 0.308. The Balaban J connectivity index is 1.29. The second-order valence-electron chi connectivity index (χ2n) is 8.56. The van der Waals surface area contributed by atoms with Gasteiger partial charge < -0.3 is 21.3 Å². The highest BCUT2D eigenvalue weighted by Crippen LogP contribution is 2.32. The molecule has 10 nitrogen and oxygen atoms in total. The van der Waals surface area contributed by atoms with Gasteiger partial charge in [-0.1, -0.05) is 18.2 Å². The summed E-state index contributed by atoms with van der Waals surface area (Å²) in [5.74, 6) is -0.0701. The predicted molar refractivity (Wildman–Crippen MR) is 132 cm³/mol. The average Bonchev–Trinajstić information content (AvgIpc) is 3.32. The molecule has 38 heavy (non-hydrogen) atoms. The van der Waals surface area contributed by atoms with Gasteiger partial charge in [-0.25, -0.2) is 9.78 Å². The van der Waals surface area contributed by atoms with Crippen molar-refractivity contribution in [2.45, 2.75) is 19.1 Å². The molecule has 0 unspecified atom stereocenters. The van der Waals surface area contributed by atoms with Gasteiger partial charge in [-0.15, -0.1) is 0 Å². The van der Waals surface area contributed by atoms with Crippen molar-refractivity contribution in [3.8, 4) is 11.3 Å². The van der Waals surface area contributed by atoms with E-state index in [0.29, 0.717) is 41.3 Å². The maximum Gasteiger partial charge on any atom is 0.416 e. The molecule has 4 aromatic rings. The number of aromatic amines is 1. The molecule has 1 aliphatic heterocycles. The summed E-state index contributed by atoms with van der Waals surface area (Å²) in [4.78, 5) is 34.5. The second-order valence-corrected chi connectivity index (χ2v) is 8.56. The summed E-state index contributed by atoms with van der Waals surface area (Å²) in [6, 6.07) is 9.76. The van der Waals surface area contributed by atoms with E-state index in [1.165, 1.54) is 29.6 Å². The number of benzene rings is 2. The van der Waals surface area contributed by atoms with Crippen molar-refractivity contribution in [2.75, 3.05) is 17.2 Å². The van der Waals surface area contributed by atoms with E-state index < -0.39 is 23.7 Å². The monoisotopic (exact) mass is 522 g/mol. The molecule has 3 amide bonds. The molecule has 2 aromatic heterocycles. The largest absolute Gasteiger partial charge is 0.416 e. The van der Waals surface area contributed by atoms with E-state index in [1.54, 1.807) is 24.3 Å². The molecule has 0 radical (unpaired) electrons. The van der Waals surface area contributed by atoms with Gasteiger partial charge in [0.25, 0.3) is 5.91 Å². The smallest absolute Gasteiger partial charge is 0.365 e. The lowest BCUT2D eigenvalue weighted by Crippen LogP contribution is -2.39. The van der Waals surface area contributed by atoms with Crippen LogP contribution in [0.3, 0.4) is 0 Å². The molecule has 3 heterocycles. The molecule has 5 rings (SSSR count). The number of alkyl halides is 3. The van der Waals surface area contributed by atoms with Crippen LogP contribution in [0.2, 0.25) is 0 Å². The van der Waals surface area contributed by atoms with E-state index >= 15 is 0 Å². The summed E-state index contributed by atoms with van der Waals surface area (Å²) in [6.45, 7) is 0.444. The zero-order chi connectivity index (χ0) is 26.9. The fourth-order valence-corrected chi connectivity index (χ4v) is 4.19. The molecule has 0 bridgehead atoms. The molecule has 13 heteroatoms. The van der Waals surface area contributed by atoms with Crippen molar-refractivity contribution in [3.63, 3.8) is 0 Å². The number of hydrogen-bond acceptors (Lipinski definition) is 6. The summed E-state index contributed by atoms with van der Waals surface area (Å²) in [6.07, 6.45) is 0.473. The number of fused-ring (bicyclic) bond motifs is 1. The first-order chi connectivity index (χ1) is 18.2. The van der Waals surface area contributed by atoms with Crippen LogP contribution in [0.25, 0.3) is 11.3 Å². The second kappa shape index (κ2) is 9.84. The molecule has 0 spiro atoms. The molecular formula is C25H21F3N8O2. The Labute approximate surface area is 214 Å². The van der Waals surface area contributed by atoms with Crippen LogP contribution in [0.15, 0.2) is 61.1 Å². The lowest BCUT2D eigenvalue weighted by molar-refractivity contribution is -0.137. The number of hydrogen-bond donors (Lipinski definition) is 4. The third-order valence-electron chi connectivity index (χ3n) is 6.07. The minimum atomic E-state index is -4.45. The fourth-order valence-electron chi connectivity index (χ4n) is 4.19. The zero-order valence-corrected chi connectivity index (χ0v) is 19.7. The number of carbonyl (C=O) groups excluding carboxylic acids is 2. The van der Waals surface area contributed by atoms with Gasteiger partial charge in [0.15, 0.2) is 0 Å². The molecule has 0 atom stereocenters. The van der Waals surface area contributed by atoms with Gasteiger partial charge in [0.05, 0.1) is 11.8 Å². The number of nitrogens with two attached hydrogens (primary N) is 1. The number of nitrogens with one attached hydrogen (secondary N) is 3. The lowest BCUT2D eigenvalue weighted by atomic mass is 9.97. The molecule has 5 N–H and O–H groups in total. The topological polar surface area (TPSA) is 142 Å². The number of urea groups is 1. The maximum atomic E-state index is 13.1. The fraction of sp³-hybridized carbons (Fsp3) is 0.160. The number of primary amides is 1. The van der Waals surface area contributed by atoms with Crippen LogP contribution in [0.4, 0.5) is 35.3 Å². The Hall–Kier alpha value is -4.94. The Morgan fingerprint density at radius 2 is 1.84 bits per heavy atom. The Kier molecular flexibility index (Phi) is 6.41. The highest BCUT2D eigenvalue weighted by molar-refractivity contribution is 6.04. The van der Waals surface area contributed by atoms with Crippen LogP contribution in [0, 0.1) is 0 Å². The first-order valence-electron chi connectivity index (χ1n) is 11.5. The highest BCUT2D eigenvalue weighted by Gasteiger charge is 2.32. The number of carbonyl (C=O) groups is 2. The molecule has 1 aliphatic rings. The Bertz CT molecular complexity index is 1490. The first-order valence-corrected chi connectivity index (χ1v) is 11.5. The number of rotatable bonds is 5. The van der Waals surface area contributed by atoms with Crippen LogP contribution in [0.5, 0.6) is 0 Å². The molecule has 0 fully saturated rings. The number of H-pyrrole nitrogens is 1. The molecule has 0 aliphatic carbocycles. The van der Waals surface area contributed by atoms with Gasteiger partial charge in [0.2, 0.25) is 0 Å². The van der Waals surface area contributed by atoms with Gasteiger partial charge in [-0.05, 0) is 41.8 Å². The van der Waals surface area contributed by atoms with E-state index in [2.05, 4.69) is 30.8 Å². The van der Waals surface area contributed by atoms with E-state index in [9.17, 15) is 22.8 Å². The van der Waals surface area contributed by atoms with Crippen molar-refractivity contribution in [1.29, 1.82) is 0 Å². The van der Waals surface area contributed by atoms with Gasteiger partial charge in [0.1, 0.15) is 22.9 Å². The van der Waals surface area contributed by atoms with Gasteiger partial charge in [0, 0.05) is 36.7 Å². The number of nitrogens with zero attached hydrogens (tertiary/aromatic N) is 4. The molecule has 0 saturated carbocycles. The van der Waals surface area contributed by atoms with Crippen molar-refractivity contribution in [2.24, 2.45) is 5.73 Å². The predicted octanol–water partition coefficient (Wildman–Crippen LogP) is 4.32. The zero-order valence-electron chi connectivity index (χ0n) is 19.7. The normalized spacial score (nSPS) is 13.1. The average molecular weight is 522 g/mol. The minimum absolute atomic E-state index is 0.0694. The van der Waals surface area contributed by atoms with E-state index in [0.717, 1.165) is 17.7 Å². The summed E-state index contributed by atoms with van der Waals surface area (Å²) in [5.41, 5.74) is 7.57. The van der Waals surface area contributed by atoms with Crippen LogP contribution >= 0.6 is 0 Å². The third kappa shape index (κ3) is 5.12. The number of halogens is 3. The third-order valence-corrected chi connectivity index (χ3v) is 6.07. The van der Waals surface area contributed by atoms with Crippen LogP contribution in [0.1, 0.15) is 27.0 Å². The summed E-state index contributed by atoms with van der Waals surface area (Å²) < 4.78 is 39.3. The molecular weight excluding hydrogens is 501 g/mol. The SMILES string of the molecule is NC(=O)c1c(-c2ccc(NC(=O)N3CCc4ccc(C(F)(F)F)cc4C3)cc2)n[nH]c1Nc1cnccn1. The Morgan fingerprint density at radius 1 is 1.05 bits per heavy atom. The van der Waals surface area contributed by atoms with Crippen molar-refractivity contribution in [3.05, 3.63) is 83.3 Å². The lowest BCUT2D eigenvalue weighted by Gasteiger charge is -2.29. The summed E-state index contributed by atoms with van der Waals surface area (Å²) in [5, 5.41) is 12.6.